The zero-order valence-corrected chi connectivity index (χ0v) is 10.2. The molecule has 100 valence electrons. The van der Waals surface area contributed by atoms with E-state index < -0.39 is 17.2 Å². The number of rotatable bonds is 6. The highest BCUT2D eigenvalue weighted by atomic mass is 16.3. The number of aliphatic hydroxyl groups excluding tert-OH is 1. The van der Waals surface area contributed by atoms with Gasteiger partial charge in [0.1, 0.15) is 6.54 Å². The summed E-state index contributed by atoms with van der Waals surface area (Å²) in [6, 6.07) is 2.21. The Hall–Kier alpha value is -1.89. The molecule has 7 heteroatoms. The number of carbonyl (C=O) groups excluding carboxylic acids is 1. The van der Waals surface area contributed by atoms with Crippen molar-refractivity contribution in [2.75, 3.05) is 6.54 Å². The van der Waals surface area contributed by atoms with Crippen molar-refractivity contribution in [3.8, 4) is 0 Å². The molecule has 1 rings (SSSR count). The molecule has 1 aromatic rings. The second-order valence-corrected chi connectivity index (χ2v) is 3.93. The summed E-state index contributed by atoms with van der Waals surface area (Å²) in [5, 5.41) is 14.1. The molecule has 0 spiro atoms. The van der Waals surface area contributed by atoms with Crippen LogP contribution in [-0.2, 0) is 11.3 Å². The number of hydrogen-bond acceptors (Lipinski definition) is 4. The van der Waals surface area contributed by atoms with Gasteiger partial charge >= 0.3 is 0 Å². The number of aromatic amines is 1. The standard InChI is InChI=1S/C11H17N3O4/c1-2-8(15)5-6-12-10(17)7-14-11(18)4-3-9(16)13-14/h3-4,8,15H,2,5-7H2,1H3,(H,12,17)(H,13,16). The molecule has 1 amide bonds. The van der Waals surface area contributed by atoms with Gasteiger partial charge in [-0.3, -0.25) is 19.5 Å². The van der Waals surface area contributed by atoms with Crippen LogP contribution in [0.5, 0.6) is 0 Å². The third-order valence-electron chi connectivity index (χ3n) is 2.46. The van der Waals surface area contributed by atoms with Crippen LogP contribution in [0.4, 0.5) is 0 Å². The van der Waals surface area contributed by atoms with Crippen molar-refractivity contribution < 1.29 is 9.90 Å². The lowest BCUT2D eigenvalue weighted by Crippen LogP contribution is -2.36. The summed E-state index contributed by atoms with van der Waals surface area (Å²) in [7, 11) is 0. The number of amides is 1. The van der Waals surface area contributed by atoms with Gasteiger partial charge in [0.05, 0.1) is 6.10 Å². The van der Waals surface area contributed by atoms with E-state index in [4.69, 9.17) is 0 Å². The van der Waals surface area contributed by atoms with E-state index in [1.807, 2.05) is 6.92 Å². The second kappa shape index (κ2) is 6.75. The van der Waals surface area contributed by atoms with E-state index in [0.29, 0.717) is 19.4 Å². The zero-order valence-electron chi connectivity index (χ0n) is 10.2. The molecule has 0 radical (unpaired) electrons. The van der Waals surface area contributed by atoms with Crippen molar-refractivity contribution >= 4 is 5.91 Å². The van der Waals surface area contributed by atoms with Crippen molar-refractivity contribution in [1.82, 2.24) is 15.1 Å². The average molecular weight is 255 g/mol. The molecule has 1 aromatic heterocycles. The van der Waals surface area contributed by atoms with Gasteiger partial charge in [-0.1, -0.05) is 6.92 Å². The summed E-state index contributed by atoms with van der Waals surface area (Å²) < 4.78 is 0.938. The van der Waals surface area contributed by atoms with Gasteiger partial charge < -0.3 is 10.4 Å². The van der Waals surface area contributed by atoms with Gasteiger partial charge in [0, 0.05) is 18.7 Å². The summed E-state index contributed by atoms with van der Waals surface area (Å²) >= 11 is 0. The van der Waals surface area contributed by atoms with Gasteiger partial charge in [-0.05, 0) is 12.8 Å². The molecule has 0 aromatic carbocycles. The molecule has 0 saturated heterocycles. The van der Waals surface area contributed by atoms with Gasteiger partial charge in [0.2, 0.25) is 5.91 Å². The Morgan fingerprint density at radius 1 is 1.50 bits per heavy atom. The predicted octanol–water partition coefficient (Wildman–Crippen LogP) is -1.19. The summed E-state index contributed by atoms with van der Waals surface area (Å²) in [5.74, 6) is -0.387. The second-order valence-electron chi connectivity index (χ2n) is 3.93. The minimum atomic E-state index is -0.446. The molecule has 1 atom stereocenters. The molecule has 0 fully saturated rings. The van der Waals surface area contributed by atoms with Crippen LogP contribution in [0, 0.1) is 0 Å². The third-order valence-corrected chi connectivity index (χ3v) is 2.46. The number of aliphatic hydroxyl groups is 1. The topological polar surface area (TPSA) is 104 Å². The highest BCUT2D eigenvalue weighted by Gasteiger charge is 2.06. The molecule has 1 heterocycles. The molecule has 0 aliphatic carbocycles. The first-order chi connectivity index (χ1) is 8.52. The van der Waals surface area contributed by atoms with Crippen molar-refractivity contribution in [2.24, 2.45) is 0 Å². The highest BCUT2D eigenvalue weighted by Crippen LogP contribution is 1.93. The molecule has 18 heavy (non-hydrogen) atoms. The van der Waals surface area contributed by atoms with Crippen molar-refractivity contribution in [3.63, 3.8) is 0 Å². The zero-order chi connectivity index (χ0) is 13.5. The fourth-order valence-electron chi connectivity index (χ4n) is 1.36. The summed E-state index contributed by atoms with van der Waals surface area (Å²) in [6.45, 7) is 1.94. The average Bonchev–Trinajstić information content (AvgIpc) is 2.33. The van der Waals surface area contributed by atoms with Crippen LogP contribution < -0.4 is 16.4 Å². The summed E-state index contributed by atoms with van der Waals surface area (Å²) in [4.78, 5) is 33.8. The van der Waals surface area contributed by atoms with E-state index in [-0.39, 0.29) is 12.5 Å². The van der Waals surface area contributed by atoms with Gasteiger partial charge in [-0.2, -0.15) is 0 Å². The van der Waals surface area contributed by atoms with E-state index in [1.54, 1.807) is 0 Å². The number of nitrogens with zero attached hydrogens (tertiary/aromatic N) is 1. The normalized spacial score (nSPS) is 12.1. The van der Waals surface area contributed by atoms with Crippen LogP contribution in [0.15, 0.2) is 21.7 Å². The fourth-order valence-corrected chi connectivity index (χ4v) is 1.36. The monoisotopic (exact) mass is 255 g/mol. The van der Waals surface area contributed by atoms with Gasteiger partial charge in [0.15, 0.2) is 0 Å². The van der Waals surface area contributed by atoms with Crippen LogP contribution in [0.25, 0.3) is 0 Å². The van der Waals surface area contributed by atoms with E-state index in [2.05, 4.69) is 10.4 Å². The quantitative estimate of drug-likeness (QED) is 0.594. The largest absolute Gasteiger partial charge is 0.393 e. The first-order valence-corrected chi connectivity index (χ1v) is 5.78. The lowest BCUT2D eigenvalue weighted by Gasteiger charge is -2.09. The maximum atomic E-state index is 11.5. The summed E-state index contributed by atoms with van der Waals surface area (Å²) in [5.41, 5.74) is -0.887. The molecule has 0 bridgehead atoms. The number of hydrogen-bond donors (Lipinski definition) is 3. The van der Waals surface area contributed by atoms with Crippen LogP contribution in [-0.4, -0.2) is 33.4 Å². The van der Waals surface area contributed by atoms with Crippen LogP contribution in [0.3, 0.4) is 0 Å². The van der Waals surface area contributed by atoms with E-state index in [0.717, 1.165) is 16.8 Å². The Morgan fingerprint density at radius 3 is 2.89 bits per heavy atom. The highest BCUT2D eigenvalue weighted by molar-refractivity contribution is 5.75. The molecular formula is C11H17N3O4. The van der Waals surface area contributed by atoms with Crippen LogP contribution in [0.2, 0.25) is 0 Å². The lowest BCUT2D eigenvalue weighted by atomic mass is 10.2. The van der Waals surface area contributed by atoms with Crippen LogP contribution >= 0.6 is 0 Å². The number of aromatic nitrogens is 2. The van der Waals surface area contributed by atoms with Crippen molar-refractivity contribution in [1.29, 1.82) is 0 Å². The molecule has 7 nitrogen and oxygen atoms in total. The molecule has 1 unspecified atom stereocenters. The Labute approximate surface area is 103 Å². The predicted molar refractivity (Wildman–Crippen MR) is 65.2 cm³/mol. The molecule has 3 N–H and O–H groups in total. The molecule has 0 saturated carbocycles. The number of nitrogens with one attached hydrogen (secondary N) is 2. The minimum absolute atomic E-state index is 0.239. The third kappa shape index (κ3) is 4.54. The van der Waals surface area contributed by atoms with Gasteiger partial charge in [-0.25, -0.2) is 4.68 Å². The lowest BCUT2D eigenvalue weighted by molar-refractivity contribution is -0.122. The van der Waals surface area contributed by atoms with Crippen molar-refractivity contribution in [2.45, 2.75) is 32.4 Å². The fraction of sp³-hybridized carbons (Fsp3) is 0.545. The Morgan fingerprint density at radius 2 is 2.22 bits per heavy atom. The first-order valence-electron chi connectivity index (χ1n) is 5.78. The maximum absolute atomic E-state index is 11.5. The van der Waals surface area contributed by atoms with Crippen LogP contribution in [0.1, 0.15) is 19.8 Å². The summed E-state index contributed by atoms with van der Waals surface area (Å²) in [6.07, 6.45) is 0.647. The van der Waals surface area contributed by atoms with E-state index in [9.17, 15) is 19.5 Å². The van der Waals surface area contributed by atoms with Gasteiger partial charge in [-0.15, -0.1) is 0 Å². The van der Waals surface area contributed by atoms with Gasteiger partial charge in [0.25, 0.3) is 11.1 Å². The number of carbonyl (C=O) groups is 1. The smallest absolute Gasteiger partial charge is 0.265 e. The first kappa shape index (κ1) is 14.2. The Bertz CT molecular complexity index is 506. The van der Waals surface area contributed by atoms with E-state index >= 15 is 0 Å². The number of H-pyrrole nitrogens is 1. The van der Waals surface area contributed by atoms with E-state index in [1.165, 1.54) is 0 Å². The maximum Gasteiger partial charge on any atom is 0.265 e. The molecule has 0 aliphatic heterocycles. The molecular weight excluding hydrogens is 238 g/mol. The Kier molecular flexibility index (Phi) is 5.31. The minimum Gasteiger partial charge on any atom is -0.393 e. The Balaban J connectivity index is 2.47. The van der Waals surface area contributed by atoms with Crippen molar-refractivity contribution in [3.05, 3.63) is 32.8 Å². The molecule has 0 aliphatic rings. The SMILES string of the molecule is CCC(O)CCNC(=O)Cn1[nH]c(=O)ccc1=O.